The Kier molecular flexibility index (Phi) is 5.96. The third-order valence-electron chi connectivity index (χ3n) is 2.10. The second-order valence-electron chi connectivity index (χ2n) is 3.97. The first kappa shape index (κ1) is 16.1. The number of hydrogen-bond donors (Lipinski definition) is 2. The first-order valence-electron chi connectivity index (χ1n) is 5.38. The first-order chi connectivity index (χ1) is 8.78. The van der Waals surface area contributed by atoms with E-state index in [1.54, 1.807) is 18.2 Å². The molecule has 0 saturated carbocycles. The summed E-state index contributed by atoms with van der Waals surface area (Å²) in [6.45, 7) is 0. The molecular weight excluding hydrogens is 308 g/mol. The number of nitrogen functional groups attached to an aromatic ring is 1. The zero-order valence-corrected chi connectivity index (χ0v) is 12.7. The van der Waals surface area contributed by atoms with Gasteiger partial charge >= 0.3 is 0 Å². The van der Waals surface area contributed by atoms with Crippen LogP contribution in [0.2, 0.25) is 5.02 Å². The molecule has 0 aliphatic carbocycles. The van der Waals surface area contributed by atoms with Crippen LogP contribution >= 0.6 is 23.4 Å². The van der Waals surface area contributed by atoms with Crippen LogP contribution in [-0.2, 0) is 14.6 Å². The summed E-state index contributed by atoms with van der Waals surface area (Å²) < 4.78 is 21.8. The molecule has 1 aromatic rings. The molecule has 0 spiro atoms. The summed E-state index contributed by atoms with van der Waals surface area (Å²) in [5.74, 6) is 0.399. The maximum Gasteiger partial charge on any atom is 0.234 e. The van der Waals surface area contributed by atoms with Gasteiger partial charge in [-0.1, -0.05) is 11.6 Å². The largest absolute Gasteiger partial charge is 0.399 e. The molecule has 0 aliphatic rings. The molecule has 0 unspecified atom stereocenters. The lowest BCUT2D eigenvalue weighted by molar-refractivity contribution is -0.113. The average molecular weight is 323 g/mol. The molecule has 1 aromatic carbocycles. The van der Waals surface area contributed by atoms with Crippen LogP contribution in [0.4, 0.5) is 11.4 Å². The summed E-state index contributed by atoms with van der Waals surface area (Å²) >= 11 is 7.17. The van der Waals surface area contributed by atoms with E-state index >= 15 is 0 Å². The van der Waals surface area contributed by atoms with E-state index in [0.717, 1.165) is 0 Å². The minimum Gasteiger partial charge on any atom is -0.399 e. The number of anilines is 2. The van der Waals surface area contributed by atoms with Gasteiger partial charge in [-0.3, -0.25) is 4.79 Å². The molecular formula is C11H15ClN2O3S2. The highest BCUT2D eigenvalue weighted by molar-refractivity contribution is 8.01. The normalized spacial score (nSPS) is 11.3. The fourth-order valence-corrected chi connectivity index (χ4v) is 3.51. The van der Waals surface area contributed by atoms with Crippen molar-refractivity contribution < 1.29 is 13.2 Å². The van der Waals surface area contributed by atoms with E-state index in [1.165, 1.54) is 18.0 Å². The summed E-state index contributed by atoms with van der Waals surface area (Å²) in [7, 11) is -2.98. The van der Waals surface area contributed by atoms with Crippen LogP contribution in [0, 0.1) is 0 Å². The lowest BCUT2D eigenvalue weighted by Crippen LogP contribution is -2.16. The Bertz CT molecular complexity index is 561. The Morgan fingerprint density at radius 2 is 2.16 bits per heavy atom. The van der Waals surface area contributed by atoms with Crippen LogP contribution in [0.5, 0.6) is 0 Å². The van der Waals surface area contributed by atoms with E-state index in [1.807, 2.05) is 0 Å². The number of amides is 1. The van der Waals surface area contributed by atoms with Crippen molar-refractivity contribution in [2.24, 2.45) is 0 Å². The lowest BCUT2D eigenvalue weighted by atomic mass is 10.3. The van der Waals surface area contributed by atoms with Crippen molar-refractivity contribution in [2.75, 3.05) is 34.6 Å². The van der Waals surface area contributed by atoms with Crippen molar-refractivity contribution in [2.45, 2.75) is 0 Å². The Labute approximate surface area is 121 Å². The molecule has 0 fully saturated rings. The van der Waals surface area contributed by atoms with Gasteiger partial charge in [0, 0.05) is 17.7 Å². The van der Waals surface area contributed by atoms with Crippen molar-refractivity contribution in [3.63, 3.8) is 0 Å². The smallest absolute Gasteiger partial charge is 0.234 e. The van der Waals surface area contributed by atoms with Gasteiger partial charge in [0.15, 0.2) is 0 Å². The minimum atomic E-state index is -2.98. The van der Waals surface area contributed by atoms with E-state index < -0.39 is 9.84 Å². The average Bonchev–Trinajstić information content (AvgIpc) is 2.27. The summed E-state index contributed by atoms with van der Waals surface area (Å²) in [6, 6.07) is 4.81. The Balaban J connectivity index is 2.39. The van der Waals surface area contributed by atoms with Gasteiger partial charge in [-0.25, -0.2) is 8.42 Å². The third kappa shape index (κ3) is 6.70. The van der Waals surface area contributed by atoms with Gasteiger partial charge in [-0.2, -0.15) is 11.8 Å². The van der Waals surface area contributed by atoms with E-state index in [4.69, 9.17) is 17.3 Å². The van der Waals surface area contributed by atoms with Gasteiger partial charge in [0.25, 0.3) is 0 Å². The SMILES string of the molecule is CS(=O)(=O)CCSCC(=O)Nc1ccc(N)cc1Cl. The number of carbonyl (C=O) groups excluding carboxylic acids is 1. The highest BCUT2D eigenvalue weighted by Crippen LogP contribution is 2.24. The van der Waals surface area contributed by atoms with E-state index in [0.29, 0.717) is 22.2 Å². The van der Waals surface area contributed by atoms with Gasteiger partial charge in [-0.05, 0) is 18.2 Å². The number of benzene rings is 1. The van der Waals surface area contributed by atoms with Crippen LogP contribution in [0.25, 0.3) is 0 Å². The minimum absolute atomic E-state index is 0.0631. The molecule has 8 heteroatoms. The van der Waals surface area contributed by atoms with Gasteiger partial charge < -0.3 is 11.1 Å². The van der Waals surface area contributed by atoms with Crippen LogP contribution in [0.15, 0.2) is 18.2 Å². The standard InChI is InChI=1S/C11H15ClN2O3S2/c1-19(16,17)5-4-18-7-11(15)14-10-3-2-8(13)6-9(10)12/h2-3,6H,4-5,7,13H2,1H3,(H,14,15). The van der Waals surface area contributed by atoms with Gasteiger partial charge in [0.2, 0.25) is 5.91 Å². The highest BCUT2D eigenvalue weighted by atomic mass is 35.5. The van der Waals surface area contributed by atoms with E-state index in [2.05, 4.69) is 5.32 Å². The molecule has 106 valence electrons. The summed E-state index contributed by atoms with van der Waals surface area (Å²) in [6.07, 6.45) is 1.17. The number of nitrogens with two attached hydrogens (primary N) is 1. The summed E-state index contributed by atoms with van der Waals surface area (Å²) in [5.41, 5.74) is 6.55. The lowest BCUT2D eigenvalue weighted by Gasteiger charge is -2.07. The molecule has 19 heavy (non-hydrogen) atoms. The van der Waals surface area contributed by atoms with E-state index in [9.17, 15) is 13.2 Å². The van der Waals surface area contributed by atoms with Crippen LogP contribution in [0.3, 0.4) is 0 Å². The molecule has 0 aliphatic heterocycles. The molecule has 0 heterocycles. The fraction of sp³-hybridized carbons (Fsp3) is 0.364. The van der Waals surface area contributed by atoms with Crippen LogP contribution < -0.4 is 11.1 Å². The maximum atomic E-state index is 11.6. The fourth-order valence-electron chi connectivity index (χ4n) is 1.19. The molecule has 0 atom stereocenters. The van der Waals surface area contributed by atoms with Gasteiger partial charge in [0.1, 0.15) is 9.84 Å². The van der Waals surface area contributed by atoms with Crippen molar-refractivity contribution in [3.05, 3.63) is 23.2 Å². The van der Waals surface area contributed by atoms with Crippen molar-refractivity contribution in [3.8, 4) is 0 Å². The quantitative estimate of drug-likeness (QED) is 0.614. The highest BCUT2D eigenvalue weighted by Gasteiger charge is 2.07. The van der Waals surface area contributed by atoms with Crippen molar-refractivity contribution in [1.29, 1.82) is 0 Å². The number of carbonyl (C=O) groups is 1. The number of thioether (sulfide) groups is 1. The summed E-state index contributed by atoms with van der Waals surface area (Å²) in [5, 5.41) is 3.01. The first-order valence-corrected chi connectivity index (χ1v) is 8.97. The number of halogens is 1. The van der Waals surface area contributed by atoms with Crippen LogP contribution in [-0.4, -0.2) is 37.8 Å². The monoisotopic (exact) mass is 322 g/mol. The third-order valence-corrected chi connectivity index (χ3v) is 4.57. The second kappa shape index (κ2) is 7.02. The predicted octanol–water partition coefficient (Wildman–Crippen LogP) is 1.64. The topological polar surface area (TPSA) is 89.3 Å². The van der Waals surface area contributed by atoms with Crippen LogP contribution in [0.1, 0.15) is 0 Å². The molecule has 1 amide bonds. The number of rotatable bonds is 6. The molecule has 0 radical (unpaired) electrons. The molecule has 0 aromatic heterocycles. The Morgan fingerprint density at radius 1 is 1.47 bits per heavy atom. The molecule has 1 rings (SSSR count). The predicted molar refractivity (Wildman–Crippen MR) is 81.5 cm³/mol. The number of hydrogen-bond acceptors (Lipinski definition) is 5. The molecule has 0 bridgehead atoms. The zero-order chi connectivity index (χ0) is 14.5. The van der Waals surface area contributed by atoms with Gasteiger partial charge in [-0.15, -0.1) is 0 Å². The van der Waals surface area contributed by atoms with Crippen molar-refractivity contribution in [1.82, 2.24) is 0 Å². The molecule has 3 N–H and O–H groups in total. The molecule has 0 saturated heterocycles. The van der Waals surface area contributed by atoms with E-state index in [-0.39, 0.29) is 17.4 Å². The Hall–Kier alpha value is -0.920. The number of sulfone groups is 1. The molecule has 5 nitrogen and oxygen atoms in total. The Morgan fingerprint density at radius 3 is 2.74 bits per heavy atom. The maximum absolute atomic E-state index is 11.6. The number of nitrogens with one attached hydrogen (secondary N) is 1. The second-order valence-corrected chi connectivity index (χ2v) is 7.74. The van der Waals surface area contributed by atoms with Crippen molar-refractivity contribution >= 4 is 50.5 Å². The summed E-state index contributed by atoms with van der Waals surface area (Å²) in [4.78, 5) is 11.6. The zero-order valence-electron chi connectivity index (χ0n) is 10.3. The van der Waals surface area contributed by atoms with Gasteiger partial charge in [0.05, 0.1) is 22.2 Å².